The van der Waals surface area contributed by atoms with E-state index in [9.17, 15) is 9.90 Å². The molecule has 1 amide bonds. The van der Waals surface area contributed by atoms with Gasteiger partial charge in [-0.3, -0.25) is 4.79 Å². The van der Waals surface area contributed by atoms with Crippen molar-refractivity contribution in [2.24, 2.45) is 0 Å². The average molecular weight is 284 g/mol. The van der Waals surface area contributed by atoms with Gasteiger partial charge in [0.05, 0.1) is 5.56 Å². The smallest absolute Gasteiger partial charge is 0.255 e. The van der Waals surface area contributed by atoms with E-state index in [4.69, 9.17) is 0 Å². The van der Waals surface area contributed by atoms with Crippen molar-refractivity contribution in [2.75, 3.05) is 20.1 Å². The SMILES string of the molecule is CN1CCCC(NC(=O)c2ccc3ccccc3c2O)C1. The molecule has 1 fully saturated rings. The fourth-order valence-electron chi connectivity index (χ4n) is 2.99. The van der Waals surface area contributed by atoms with Crippen LogP contribution in [0.1, 0.15) is 23.2 Å². The molecule has 1 atom stereocenters. The number of hydrogen-bond acceptors (Lipinski definition) is 3. The van der Waals surface area contributed by atoms with Crippen LogP contribution in [0.4, 0.5) is 0 Å². The van der Waals surface area contributed by atoms with Gasteiger partial charge in [-0.1, -0.05) is 30.3 Å². The molecule has 0 aliphatic carbocycles. The summed E-state index contributed by atoms with van der Waals surface area (Å²) in [4.78, 5) is 14.6. The number of likely N-dealkylation sites (tertiary alicyclic amines) is 1. The van der Waals surface area contributed by atoms with Gasteiger partial charge in [0.1, 0.15) is 5.75 Å². The largest absolute Gasteiger partial charge is 0.506 e. The highest BCUT2D eigenvalue weighted by Crippen LogP contribution is 2.28. The molecule has 1 saturated heterocycles. The molecule has 110 valence electrons. The zero-order valence-corrected chi connectivity index (χ0v) is 12.2. The van der Waals surface area contributed by atoms with Crippen molar-refractivity contribution in [3.05, 3.63) is 42.0 Å². The van der Waals surface area contributed by atoms with E-state index >= 15 is 0 Å². The molecule has 1 heterocycles. The highest BCUT2D eigenvalue weighted by molar-refractivity contribution is 6.03. The van der Waals surface area contributed by atoms with Crippen LogP contribution in [0.15, 0.2) is 36.4 Å². The first-order valence-electron chi connectivity index (χ1n) is 7.35. The van der Waals surface area contributed by atoms with E-state index in [0.717, 1.165) is 31.3 Å². The summed E-state index contributed by atoms with van der Waals surface area (Å²) in [5.74, 6) is -0.131. The molecule has 21 heavy (non-hydrogen) atoms. The maximum Gasteiger partial charge on any atom is 0.255 e. The standard InChI is InChI=1S/C17H20N2O2/c1-19-10-4-6-13(11-19)18-17(21)15-9-8-12-5-2-3-7-14(12)16(15)20/h2-3,5,7-9,13,20H,4,6,10-11H2,1H3,(H,18,21). The Morgan fingerprint density at radius 3 is 2.90 bits per heavy atom. The van der Waals surface area contributed by atoms with Gasteiger partial charge in [0.15, 0.2) is 0 Å². The van der Waals surface area contributed by atoms with Gasteiger partial charge in [-0.15, -0.1) is 0 Å². The van der Waals surface area contributed by atoms with Crippen molar-refractivity contribution in [3.63, 3.8) is 0 Å². The number of piperidine rings is 1. The van der Waals surface area contributed by atoms with Crippen molar-refractivity contribution in [1.82, 2.24) is 10.2 Å². The van der Waals surface area contributed by atoms with Crippen molar-refractivity contribution >= 4 is 16.7 Å². The van der Waals surface area contributed by atoms with Gasteiger partial charge < -0.3 is 15.3 Å². The Morgan fingerprint density at radius 1 is 1.29 bits per heavy atom. The van der Waals surface area contributed by atoms with E-state index in [-0.39, 0.29) is 17.7 Å². The van der Waals surface area contributed by atoms with E-state index in [0.29, 0.717) is 10.9 Å². The number of fused-ring (bicyclic) bond motifs is 1. The van der Waals surface area contributed by atoms with E-state index in [1.807, 2.05) is 30.3 Å². The van der Waals surface area contributed by atoms with Gasteiger partial charge in [0.2, 0.25) is 0 Å². The summed E-state index contributed by atoms with van der Waals surface area (Å²) in [7, 11) is 2.06. The maximum atomic E-state index is 12.4. The van der Waals surface area contributed by atoms with Crippen LogP contribution < -0.4 is 5.32 Å². The topological polar surface area (TPSA) is 52.6 Å². The number of amides is 1. The number of aromatic hydroxyl groups is 1. The number of likely N-dealkylation sites (N-methyl/N-ethyl adjacent to an activating group) is 1. The van der Waals surface area contributed by atoms with Gasteiger partial charge >= 0.3 is 0 Å². The zero-order chi connectivity index (χ0) is 14.8. The van der Waals surface area contributed by atoms with Crippen molar-refractivity contribution in [3.8, 4) is 5.75 Å². The number of nitrogens with one attached hydrogen (secondary N) is 1. The molecule has 4 nitrogen and oxygen atoms in total. The first-order valence-corrected chi connectivity index (χ1v) is 7.35. The normalized spacial score (nSPS) is 19.6. The summed E-state index contributed by atoms with van der Waals surface area (Å²) in [5.41, 5.74) is 0.349. The minimum absolute atomic E-state index is 0.0646. The van der Waals surface area contributed by atoms with Crippen LogP contribution in [0.2, 0.25) is 0 Å². The van der Waals surface area contributed by atoms with Gasteiger partial charge in [-0.05, 0) is 37.9 Å². The number of benzene rings is 2. The predicted octanol–water partition coefficient (Wildman–Crippen LogP) is 2.37. The Labute approximate surface area is 124 Å². The van der Waals surface area contributed by atoms with Crippen molar-refractivity contribution in [2.45, 2.75) is 18.9 Å². The summed E-state index contributed by atoms with van der Waals surface area (Å²) in [6.07, 6.45) is 2.08. The van der Waals surface area contributed by atoms with Gasteiger partial charge in [0.25, 0.3) is 5.91 Å². The fraction of sp³-hybridized carbons (Fsp3) is 0.353. The quantitative estimate of drug-likeness (QED) is 0.890. The van der Waals surface area contributed by atoms with E-state index < -0.39 is 0 Å². The molecule has 2 aromatic rings. The number of phenolic OH excluding ortho intramolecular Hbond substituents is 1. The lowest BCUT2D eigenvalue weighted by Crippen LogP contribution is -2.46. The Kier molecular flexibility index (Phi) is 3.80. The molecule has 1 aliphatic heterocycles. The number of hydrogen-bond donors (Lipinski definition) is 2. The lowest BCUT2D eigenvalue weighted by atomic mass is 10.0. The fourth-order valence-corrected chi connectivity index (χ4v) is 2.99. The lowest BCUT2D eigenvalue weighted by molar-refractivity contribution is 0.0910. The summed E-state index contributed by atoms with van der Waals surface area (Å²) < 4.78 is 0. The number of nitrogens with zero attached hydrogens (tertiary/aromatic N) is 1. The number of rotatable bonds is 2. The molecule has 1 unspecified atom stereocenters. The minimum Gasteiger partial charge on any atom is -0.506 e. The highest BCUT2D eigenvalue weighted by Gasteiger charge is 2.21. The highest BCUT2D eigenvalue weighted by atomic mass is 16.3. The third kappa shape index (κ3) is 2.85. The zero-order valence-electron chi connectivity index (χ0n) is 12.2. The van der Waals surface area contributed by atoms with Crippen LogP contribution in [-0.4, -0.2) is 42.1 Å². The summed E-state index contributed by atoms with van der Waals surface area (Å²) in [5, 5.41) is 15.0. The van der Waals surface area contributed by atoms with Crippen LogP contribution in [-0.2, 0) is 0 Å². The number of carbonyl (C=O) groups is 1. The molecule has 0 radical (unpaired) electrons. The molecule has 2 aromatic carbocycles. The van der Waals surface area contributed by atoms with Crippen LogP contribution >= 0.6 is 0 Å². The minimum atomic E-state index is -0.196. The van der Waals surface area contributed by atoms with Gasteiger partial charge in [-0.2, -0.15) is 0 Å². The first kappa shape index (κ1) is 13.9. The Balaban J connectivity index is 1.83. The Bertz CT molecular complexity index is 669. The van der Waals surface area contributed by atoms with E-state index in [2.05, 4.69) is 17.3 Å². The number of carbonyl (C=O) groups excluding carboxylic acids is 1. The summed E-state index contributed by atoms with van der Waals surface area (Å²) >= 11 is 0. The predicted molar refractivity (Wildman–Crippen MR) is 83.6 cm³/mol. The Morgan fingerprint density at radius 2 is 2.10 bits per heavy atom. The lowest BCUT2D eigenvalue weighted by Gasteiger charge is -2.30. The molecule has 4 heteroatoms. The molecule has 3 rings (SSSR count). The molecular formula is C17H20N2O2. The van der Waals surface area contributed by atoms with E-state index in [1.54, 1.807) is 6.07 Å². The Hall–Kier alpha value is -2.07. The monoisotopic (exact) mass is 284 g/mol. The van der Waals surface area contributed by atoms with Crippen molar-refractivity contribution in [1.29, 1.82) is 0 Å². The molecule has 1 aliphatic rings. The number of phenols is 1. The van der Waals surface area contributed by atoms with Crippen LogP contribution in [0.25, 0.3) is 10.8 Å². The molecule has 0 spiro atoms. The van der Waals surface area contributed by atoms with Crippen LogP contribution in [0.3, 0.4) is 0 Å². The van der Waals surface area contributed by atoms with Gasteiger partial charge in [0, 0.05) is 18.0 Å². The second-order valence-electron chi connectivity index (χ2n) is 5.76. The molecule has 0 saturated carbocycles. The summed E-state index contributed by atoms with van der Waals surface area (Å²) in [6, 6.07) is 11.3. The van der Waals surface area contributed by atoms with Gasteiger partial charge in [-0.25, -0.2) is 0 Å². The second-order valence-corrected chi connectivity index (χ2v) is 5.76. The molecule has 2 N–H and O–H groups in total. The second kappa shape index (κ2) is 5.74. The first-order chi connectivity index (χ1) is 10.1. The van der Waals surface area contributed by atoms with Crippen LogP contribution in [0, 0.1) is 0 Å². The van der Waals surface area contributed by atoms with Crippen molar-refractivity contribution < 1.29 is 9.90 Å². The average Bonchev–Trinajstić information content (AvgIpc) is 2.48. The molecule has 0 bridgehead atoms. The molecular weight excluding hydrogens is 264 g/mol. The summed E-state index contributed by atoms with van der Waals surface area (Å²) in [6.45, 7) is 1.94. The van der Waals surface area contributed by atoms with E-state index in [1.165, 1.54) is 0 Å². The third-order valence-electron chi connectivity index (χ3n) is 4.10. The third-order valence-corrected chi connectivity index (χ3v) is 4.10. The maximum absolute atomic E-state index is 12.4. The van der Waals surface area contributed by atoms with Crippen LogP contribution in [0.5, 0.6) is 5.75 Å². The molecule has 0 aromatic heterocycles.